The van der Waals surface area contributed by atoms with Gasteiger partial charge < -0.3 is 25.6 Å². The Morgan fingerprint density at radius 1 is 1.18 bits per heavy atom. The van der Waals surface area contributed by atoms with E-state index in [-0.39, 0.29) is 36.0 Å². The molecule has 1 atom stereocenters. The molecule has 1 aliphatic heterocycles. The molecule has 1 unspecified atom stereocenters. The number of nitrogens with zero attached hydrogens (tertiary/aromatic N) is 3. The third-order valence-electron chi connectivity index (χ3n) is 7.16. The van der Waals surface area contributed by atoms with Crippen LogP contribution >= 0.6 is 0 Å². The average molecular weight is 533 g/mol. The lowest BCUT2D eigenvalue weighted by Gasteiger charge is -2.36. The molecule has 0 radical (unpaired) electrons. The molecule has 0 spiro atoms. The number of hydrogen-bond acceptors (Lipinski definition) is 6. The van der Waals surface area contributed by atoms with Gasteiger partial charge in [0.25, 0.3) is 5.56 Å². The number of benzene rings is 2. The van der Waals surface area contributed by atoms with Crippen molar-refractivity contribution >= 4 is 34.7 Å². The van der Waals surface area contributed by atoms with Crippen LogP contribution in [-0.4, -0.2) is 75.2 Å². The Morgan fingerprint density at radius 2 is 1.90 bits per heavy atom. The summed E-state index contributed by atoms with van der Waals surface area (Å²) in [5.41, 5.74) is 7.23. The van der Waals surface area contributed by atoms with Crippen LogP contribution in [0.4, 0.5) is 0 Å². The predicted octanol–water partition coefficient (Wildman–Crippen LogP) is 1.61. The van der Waals surface area contributed by atoms with Gasteiger partial charge in [0.15, 0.2) is 0 Å². The second-order valence-corrected chi connectivity index (χ2v) is 10.2. The summed E-state index contributed by atoms with van der Waals surface area (Å²) >= 11 is 0. The lowest BCUT2D eigenvalue weighted by atomic mass is 9.80. The van der Waals surface area contributed by atoms with Crippen LogP contribution in [0.3, 0.4) is 0 Å². The fourth-order valence-electron chi connectivity index (χ4n) is 5.00. The minimum atomic E-state index is -1.24. The summed E-state index contributed by atoms with van der Waals surface area (Å²) in [5.74, 6) is -2.06. The van der Waals surface area contributed by atoms with E-state index in [0.717, 1.165) is 18.4 Å². The van der Waals surface area contributed by atoms with Crippen molar-refractivity contribution < 1.29 is 19.5 Å². The molecule has 3 aromatic rings. The fourth-order valence-corrected chi connectivity index (χ4v) is 5.00. The molecule has 1 saturated heterocycles. The number of amidine groups is 1. The number of carboxylic acids is 1. The summed E-state index contributed by atoms with van der Waals surface area (Å²) in [6, 6.07) is 12.2. The highest BCUT2D eigenvalue weighted by atomic mass is 16.4. The molecule has 4 rings (SSSR count). The molecular formula is C28H32N6O5. The van der Waals surface area contributed by atoms with Gasteiger partial charge in [-0.25, -0.2) is 4.98 Å². The van der Waals surface area contributed by atoms with E-state index in [9.17, 15) is 19.2 Å². The molecule has 2 heterocycles. The molecule has 11 heteroatoms. The van der Waals surface area contributed by atoms with Crippen molar-refractivity contribution in [2.75, 3.05) is 26.7 Å². The fraction of sp³-hybridized carbons (Fsp3) is 0.357. The minimum absolute atomic E-state index is 0.0198. The van der Waals surface area contributed by atoms with Crippen molar-refractivity contribution in [3.05, 3.63) is 75.2 Å². The van der Waals surface area contributed by atoms with Gasteiger partial charge in [-0.3, -0.25) is 24.6 Å². The van der Waals surface area contributed by atoms with Gasteiger partial charge in [-0.15, -0.1) is 0 Å². The molecule has 2 amide bonds. The number of carbonyl (C=O) groups is 3. The lowest BCUT2D eigenvalue weighted by Crippen LogP contribution is -2.51. The SMILES string of the molecule is CN(CC(C)(C(=O)N1CCCC1)c1ccc2[nH]c(=O)c(Cc3cccc(C(=N)N)c3)nc2c1)C(=O)CC(=O)O. The van der Waals surface area contributed by atoms with Gasteiger partial charge in [-0.05, 0) is 49.1 Å². The smallest absolute Gasteiger partial charge is 0.312 e. The molecule has 204 valence electrons. The number of carbonyl (C=O) groups excluding carboxylic acids is 2. The number of fused-ring (bicyclic) bond motifs is 1. The van der Waals surface area contributed by atoms with Gasteiger partial charge in [0.1, 0.15) is 18.0 Å². The van der Waals surface area contributed by atoms with Gasteiger partial charge >= 0.3 is 5.97 Å². The Hall–Kier alpha value is -4.54. The summed E-state index contributed by atoms with van der Waals surface area (Å²) in [7, 11) is 1.49. The first-order valence-electron chi connectivity index (χ1n) is 12.7. The van der Waals surface area contributed by atoms with Crippen LogP contribution in [0.15, 0.2) is 47.3 Å². The molecule has 39 heavy (non-hydrogen) atoms. The van der Waals surface area contributed by atoms with Gasteiger partial charge in [0.05, 0.1) is 16.4 Å². The summed E-state index contributed by atoms with van der Waals surface area (Å²) in [4.78, 5) is 60.7. The zero-order valence-corrected chi connectivity index (χ0v) is 22.0. The van der Waals surface area contributed by atoms with E-state index < -0.39 is 23.7 Å². The number of carboxylic acid groups (broad SMARTS) is 1. The highest BCUT2D eigenvalue weighted by Crippen LogP contribution is 2.31. The van der Waals surface area contributed by atoms with Gasteiger partial charge in [0.2, 0.25) is 11.8 Å². The minimum Gasteiger partial charge on any atom is -0.481 e. The Bertz CT molecular complexity index is 1510. The zero-order valence-electron chi connectivity index (χ0n) is 22.0. The van der Waals surface area contributed by atoms with E-state index in [4.69, 9.17) is 16.2 Å². The van der Waals surface area contributed by atoms with E-state index in [1.807, 2.05) is 6.07 Å². The van der Waals surface area contributed by atoms with E-state index in [1.54, 1.807) is 48.2 Å². The van der Waals surface area contributed by atoms with Crippen LogP contribution in [0.25, 0.3) is 11.0 Å². The molecule has 1 fully saturated rings. The first kappa shape index (κ1) is 27.5. The number of hydrogen-bond donors (Lipinski definition) is 4. The molecule has 0 bridgehead atoms. The molecule has 11 nitrogen and oxygen atoms in total. The molecule has 0 saturated carbocycles. The number of amides is 2. The topological polar surface area (TPSA) is 174 Å². The van der Waals surface area contributed by atoms with E-state index in [2.05, 4.69) is 9.97 Å². The number of aliphatic carboxylic acids is 1. The molecule has 1 aliphatic rings. The number of likely N-dealkylation sites (tertiary alicyclic amines) is 1. The van der Waals surface area contributed by atoms with E-state index in [1.165, 1.54) is 11.9 Å². The van der Waals surface area contributed by atoms with Crippen LogP contribution in [-0.2, 0) is 26.2 Å². The van der Waals surface area contributed by atoms with Crippen molar-refractivity contribution in [1.82, 2.24) is 19.8 Å². The van der Waals surface area contributed by atoms with Crippen LogP contribution in [0.5, 0.6) is 0 Å². The van der Waals surface area contributed by atoms with Crippen molar-refractivity contribution in [2.24, 2.45) is 5.73 Å². The van der Waals surface area contributed by atoms with E-state index in [0.29, 0.717) is 35.2 Å². The van der Waals surface area contributed by atoms with Crippen molar-refractivity contribution in [1.29, 1.82) is 5.41 Å². The summed E-state index contributed by atoms with van der Waals surface area (Å²) in [6.07, 6.45) is 1.33. The van der Waals surface area contributed by atoms with Crippen LogP contribution < -0.4 is 11.3 Å². The first-order chi connectivity index (χ1) is 18.5. The number of rotatable bonds is 9. The van der Waals surface area contributed by atoms with Crippen LogP contribution in [0.1, 0.15) is 48.6 Å². The van der Waals surface area contributed by atoms with Gasteiger partial charge in [-0.1, -0.05) is 24.3 Å². The second kappa shape index (κ2) is 11.1. The third kappa shape index (κ3) is 5.97. The summed E-state index contributed by atoms with van der Waals surface area (Å²) in [6.45, 7) is 2.96. The molecule has 2 aromatic carbocycles. The van der Waals surface area contributed by atoms with Crippen LogP contribution in [0.2, 0.25) is 0 Å². The highest BCUT2D eigenvalue weighted by molar-refractivity contribution is 5.95. The number of likely N-dealkylation sites (N-methyl/N-ethyl adjacent to an activating group) is 1. The highest BCUT2D eigenvalue weighted by Gasteiger charge is 2.41. The normalized spacial score (nSPS) is 14.7. The summed E-state index contributed by atoms with van der Waals surface area (Å²) < 4.78 is 0. The number of nitrogens with one attached hydrogen (secondary N) is 2. The van der Waals surface area contributed by atoms with Crippen molar-refractivity contribution in [2.45, 2.75) is 38.0 Å². The maximum atomic E-state index is 13.8. The molecule has 1 aromatic heterocycles. The quantitative estimate of drug-likeness (QED) is 0.184. The Kier molecular flexibility index (Phi) is 7.80. The van der Waals surface area contributed by atoms with Crippen molar-refractivity contribution in [3.63, 3.8) is 0 Å². The second-order valence-electron chi connectivity index (χ2n) is 10.2. The average Bonchev–Trinajstić information content (AvgIpc) is 3.43. The monoisotopic (exact) mass is 532 g/mol. The number of H-pyrrole nitrogens is 1. The number of aromatic amines is 1. The van der Waals surface area contributed by atoms with Gasteiger partial charge in [-0.2, -0.15) is 0 Å². The maximum Gasteiger partial charge on any atom is 0.312 e. The zero-order chi connectivity index (χ0) is 28.3. The Morgan fingerprint density at radius 3 is 2.56 bits per heavy atom. The molecule has 0 aliphatic carbocycles. The predicted molar refractivity (Wildman–Crippen MR) is 146 cm³/mol. The number of nitrogens with two attached hydrogens (primary N) is 1. The number of nitrogen functional groups attached to an aromatic ring is 1. The van der Waals surface area contributed by atoms with E-state index >= 15 is 0 Å². The Balaban J connectivity index is 1.73. The summed E-state index contributed by atoms with van der Waals surface area (Å²) in [5, 5.41) is 16.7. The lowest BCUT2D eigenvalue weighted by molar-refractivity contribution is -0.144. The third-order valence-corrected chi connectivity index (χ3v) is 7.16. The maximum absolute atomic E-state index is 13.8. The molecular weight excluding hydrogens is 500 g/mol. The van der Waals surface area contributed by atoms with Crippen molar-refractivity contribution in [3.8, 4) is 0 Å². The number of aromatic nitrogens is 2. The first-order valence-corrected chi connectivity index (χ1v) is 12.7. The standard InChI is InChI=1S/C28H32N6O5/c1-28(27(39)34-10-3-4-11-34,16-33(2)23(35)15-24(36)37)19-8-9-20-21(14-19)31-22(26(38)32-20)13-17-6-5-7-18(12-17)25(29)30/h5-9,12,14H,3-4,10-11,13,15-16H2,1-2H3,(H3,29,30)(H,32,38)(H,36,37). The Labute approximate surface area is 225 Å². The van der Waals surface area contributed by atoms with Gasteiger partial charge in [0, 0.05) is 38.7 Å². The van der Waals surface area contributed by atoms with Crippen LogP contribution in [0, 0.1) is 5.41 Å². The molecule has 5 N–H and O–H groups in total. The largest absolute Gasteiger partial charge is 0.481 e.